The van der Waals surface area contributed by atoms with E-state index >= 15 is 0 Å². The van der Waals surface area contributed by atoms with Gasteiger partial charge >= 0.3 is 0 Å². The second-order valence-electron chi connectivity index (χ2n) is 7.98. The van der Waals surface area contributed by atoms with Crippen LogP contribution in [0.25, 0.3) is 6.08 Å². The summed E-state index contributed by atoms with van der Waals surface area (Å²) >= 11 is 0. The Morgan fingerprint density at radius 3 is 2.10 bits per heavy atom. The lowest BCUT2D eigenvalue weighted by Gasteiger charge is -2.19. The van der Waals surface area contributed by atoms with E-state index in [0.717, 1.165) is 22.6 Å². The highest BCUT2D eigenvalue weighted by Crippen LogP contribution is 2.20. The van der Waals surface area contributed by atoms with Gasteiger partial charge in [0.2, 0.25) is 0 Å². The van der Waals surface area contributed by atoms with Crippen LogP contribution in [0.4, 0.5) is 0 Å². The molecule has 0 saturated carbocycles. The van der Waals surface area contributed by atoms with Crippen LogP contribution in [0.2, 0.25) is 26.2 Å². The van der Waals surface area contributed by atoms with Crippen molar-refractivity contribution in [3.05, 3.63) is 89.6 Å². The second-order valence-corrected chi connectivity index (χ2v) is 14.9. The lowest BCUT2D eigenvalue weighted by atomic mass is 10.1. The van der Waals surface area contributed by atoms with Gasteiger partial charge in [-0.15, -0.1) is 6.42 Å². The number of rotatable bonds is 6. The minimum Gasteiger partial charge on any atom is -0.457 e. The average molecular weight is 412 g/mol. The molecule has 0 saturated heterocycles. The summed E-state index contributed by atoms with van der Waals surface area (Å²) in [4.78, 5) is 0. The molecule has 0 unspecified atom stereocenters. The van der Waals surface area contributed by atoms with Gasteiger partial charge < -0.3 is 4.74 Å². The van der Waals surface area contributed by atoms with Crippen molar-refractivity contribution in [3.63, 3.8) is 0 Å². The lowest BCUT2D eigenvalue weighted by molar-refractivity contribution is 0.483. The fourth-order valence-electron chi connectivity index (χ4n) is 3.08. The molecule has 0 fully saturated rings. The molecule has 29 heavy (non-hydrogen) atoms. The first-order valence-electron chi connectivity index (χ1n) is 9.82. The van der Waals surface area contributed by atoms with Crippen molar-refractivity contribution in [3.8, 4) is 23.8 Å². The summed E-state index contributed by atoms with van der Waals surface area (Å²) in [5.74, 6) is 4.45. The molecule has 0 N–H and O–H groups in total. The third-order valence-electron chi connectivity index (χ3n) is 5.01. The van der Waals surface area contributed by atoms with Crippen molar-refractivity contribution in [2.45, 2.75) is 26.2 Å². The van der Waals surface area contributed by atoms with Crippen LogP contribution in [0.1, 0.15) is 11.1 Å². The molecule has 3 rings (SSSR count). The highest BCUT2D eigenvalue weighted by molar-refractivity contribution is 6.94. The first-order valence-corrected chi connectivity index (χ1v) is 15.4. The van der Waals surface area contributed by atoms with Gasteiger partial charge in [-0.3, -0.25) is 0 Å². The van der Waals surface area contributed by atoms with Gasteiger partial charge in [0.25, 0.3) is 0 Å². The third-order valence-corrected chi connectivity index (χ3v) is 9.32. The van der Waals surface area contributed by atoms with Crippen molar-refractivity contribution in [2.75, 3.05) is 0 Å². The molecule has 1 nitrogen and oxygen atoms in total. The average Bonchev–Trinajstić information content (AvgIpc) is 2.73. The Balaban J connectivity index is 1.71. The largest absolute Gasteiger partial charge is 0.457 e. The van der Waals surface area contributed by atoms with Crippen LogP contribution in [0, 0.1) is 12.3 Å². The van der Waals surface area contributed by atoms with Gasteiger partial charge in [-0.05, 0) is 42.0 Å². The summed E-state index contributed by atoms with van der Waals surface area (Å²) in [6.45, 7) is 9.28. The minimum absolute atomic E-state index is 0.419. The number of hydrogen-bond acceptors (Lipinski definition) is 1. The van der Waals surface area contributed by atoms with Crippen LogP contribution in [0.15, 0.2) is 78.5 Å². The lowest BCUT2D eigenvalue weighted by Crippen LogP contribution is -2.39. The molecule has 0 heterocycles. The first-order chi connectivity index (χ1) is 13.9. The molecular formula is C26H27OSi2. The molecule has 0 aliphatic carbocycles. The maximum Gasteiger partial charge on any atom is 0.127 e. The summed E-state index contributed by atoms with van der Waals surface area (Å²) in [6, 6.07) is 25.1. The zero-order valence-electron chi connectivity index (χ0n) is 17.6. The van der Waals surface area contributed by atoms with E-state index in [1.165, 1.54) is 10.4 Å². The van der Waals surface area contributed by atoms with Crippen LogP contribution in [0.3, 0.4) is 0 Å². The highest BCUT2D eigenvalue weighted by atomic mass is 28.3. The van der Waals surface area contributed by atoms with Gasteiger partial charge in [-0.25, -0.2) is 0 Å². The SMILES string of the molecule is C#Cc1cccc(/C=C/[Si](C)(C)c2ccc(Oc3ccc([Si](C)C)cc3)cc2)c1. The van der Waals surface area contributed by atoms with Crippen LogP contribution in [0.5, 0.6) is 11.5 Å². The third kappa shape index (κ3) is 5.60. The van der Waals surface area contributed by atoms with E-state index in [1.807, 2.05) is 18.2 Å². The number of benzene rings is 3. The van der Waals surface area contributed by atoms with E-state index in [1.54, 1.807) is 0 Å². The van der Waals surface area contributed by atoms with Gasteiger partial charge in [0.15, 0.2) is 0 Å². The molecule has 0 aromatic heterocycles. The zero-order valence-corrected chi connectivity index (χ0v) is 19.6. The molecule has 0 amide bonds. The molecule has 0 bridgehead atoms. The smallest absolute Gasteiger partial charge is 0.127 e. The topological polar surface area (TPSA) is 9.23 Å². The number of ether oxygens (including phenoxy) is 1. The number of terminal acetylenes is 1. The Morgan fingerprint density at radius 2 is 1.52 bits per heavy atom. The normalized spacial score (nSPS) is 11.6. The van der Waals surface area contributed by atoms with Crippen molar-refractivity contribution < 1.29 is 4.74 Å². The van der Waals surface area contributed by atoms with Gasteiger partial charge in [0.1, 0.15) is 19.6 Å². The van der Waals surface area contributed by atoms with Gasteiger partial charge in [0, 0.05) is 5.56 Å². The molecule has 3 heteroatoms. The summed E-state index contributed by atoms with van der Waals surface area (Å²) in [5, 5.41) is 2.79. The van der Waals surface area contributed by atoms with E-state index in [4.69, 9.17) is 11.2 Å². The summed E-state index contributed by atoms with van der Waals surface area (Å²) in [5.41, 5.74) is 4.41. The molecular weight excluding hydrogens is 384 g/mol. The van der Waals surface area contributed by atoms with E-state index < -0.39 is 16.9 Å². The Hall–Kier alpha value is -2.81. The molecule has 0 aliphatic rings. The molecule has 0 spiro atoms. The van der Waals surface area contributed by atoms with Crippen LogP contribution in [-0.2, 0) is 0 Å². The van der Waals surface area contributed by atoms with Gasteiger partial charge in [0.05, 0.1) is 8.80 Å². The summed E-state index contributed by atoms with van der Waals surface area (Å²) < 4.78 is 6.03. The van der Waals surface area contributed by atoms with E-state index in [-0.39, 0.29) is 0 Å². The van der Waals surface area contributed by atoms with Crippen molar-refractivity contribution >= 4 is 33.3 Å². The maximum absolute atomic E-state index is 6.03. The van der Waals surface area contributed by atoms with Crippen molar-refractivity contribution in [1.82, 2.24) is 0 Å². The molecule has 3 aromatic carbocycles. The van der Waals surface area contributed by atoms with Gasteiger partial charge in [-0.2, -0.15) is 0 Å². The van der Waals surface area contributed by atoms with E-state index in [0.29, 0.717) is 0 Å². The summed E-state index contributed by atoms with van der Waals surface area (Å²) in [7, 11) is -2.13. The van der Waals surface area contributed by atoms with Crippen molar-refractivity contribution in [1.29, 1.82) is 0 Å². The molecule has 3 aromatic rings. The highest BCUT2D eigenvalue weighted by Gasteiger charge is 2.19. The standard InChI is InChI=1S/C26H27OSi2/c1-6-21-8-7-9-22(20-21)18-19-29(4,5)26-16-12-24(13-17-26)27-23-10-14-25(15-11-23)28(2)3/h1,7-20H,2-5H3/b19-18+. The predicted molar refractivity (Wildman–Crippen MR) is 131 cm³/mol. The van der Waals surface area contributed by atoms with Crippen LogP contribution < -0.4 is 15.1 Å². The molecule has 0 atom stereocenters. The quantitative estimate of drug-likeness (QED) is 0.379. The summed E-state index contributed by atoms with van der Waals surface area (Å²) in [6.07, 6.45) is 7.70. The van der Waals surface area contributed by atoms with E-state index in [9.17, 15) is 0 Å². The number of hydrogen-bond donors (Lipinski definition) is 0. The fourth-order valence-corrected chi connectivity index (χ4v) is 5.74. The van der Waals surface area contributed by atoms with E-state index in [2.05, 4.69) is 98.5 Å². The Labute approximate surface area is 177 Å². The Bertz CT molecular complexity index is 1020. The second kappa shape index (κ2) is 9.13. The fraction of sp³-hybridized carbons (Fsp3) is 0.154. The molecule has 145 valence electrons. The Morgan fingerprint density at radius 1 is 0.897 bits per heavy atom. The molecule has 0 aliphatic heterocycles. The monoisotopic (exact) mass is 411 g/mol. The first kappa shape index (κ1) is 20.9. The Kier molecular flexibility index (Phi) is 6.58. The molecule has 1 radical (unpaired) electrons. The zero-order chi connectivity index (χ0) is 20.9. The maximum atomic E-state index is 6.03. The minimum atomic E-state index is -1.71. The predicted octanol–water partition coefficient (Wildman–Crippen LogP) is 5.59. The van der Waals surface area contributed by atoms with Crippen LogP contribution >= 0.6 is 0 Å². The van der Waals surface area contributed by atoms with Gasteiger partial charge in [-0.1, -0.05) is 90.7 Å². The van der Waals surface area contributed by atoms with Crippen molar-refractivity contribution in [2.24, 2.45) is 0 Å². The van der Waals surface area contributed by atoms with Crippen LogP contribution in [-0.4, -0.2) is 16.9 Å².